The zero-order valence-corrected chi connectivity index (χ0v) is 7.33. The maximum absolute atomic E-state index is 10.8. The molecule has 0 saturated carbocycles. The van der Waals surface area contributed by atoms with E-state index in [1.54, 1.807) is 18.8 Å². The fourth-order valence-electron chi connectivity index (χ4n) is 0.578. The largest absolute Gasteiger partial charge is 0.468 e. The SMILES string of the molecule is CNC(CSC)C(=O)OC. The molecule has 60 valence electrons. The highest BCUT2D eigenvalue weighted by atomic mass is 32.2. The predicted molar refractivity (Wildman–Crippen MR) is 43.2 cm³/mol. The van der Waals surface area contributed by atoms with Gasteiger partial charge in [0.25, 0.3) is 0 Å². The van der Waals surface area contributed by atoms with Gasteiger partial charge < -0.3 is 10.1 Å². The molecule has 0 aromatic heterocycles. The molecule has 10 heavy (non-hydrogen) atoms. The summed E-state index contributed by atoms with van der Waals surface area (Å²) in [7, 11) is 3.14. The maximum Gasteiger partial charge on any atom is 0.323 e. The Bertz CT molecular complexity index is 108. The highest BCUT2D eigenvalue weighted by molar-refractivity contribution is 7.98. The van der Waals surface area contributed by atoms with E-state index < -0.39 is 0 Å². The minimum atomic E-state index is -0.197. The van der Waals surface area contributed by atoms with Gasteiger partial charge in [-0.2, -0.15) is 11.8 Å². The van der Waals surface area contributed by atoms with Crippen molar-refractivity contribution in [2.75, 3.05) is 26.2 Å². The molecule has 0 heterocycles. The van der Waals surface area contributed by atoms with Gasteiger partial charge in [-0.3, -0.25) is 4.79 Å². The topological polar surface area (TPSA) is 38.3 Å². The molecular formula is C6H13NO2S. The summed E-state index contributed by atoms with van der Waals surface area (Å²) in [5.41, 5.74) is 0. The second-order valence-corrected chi connectivity index (χ2v) is 2.73. The van der Waals surface area contributed by atoms with E-state index in [1.807, 2.05) is 6.26 Å². The third-order valence-corrected chi connectivity index (χ3v) is 1.83. The van der Waals surface area contributed by atoms with E-state index in [2.05, 4.69) is 10.1 Å². The number of carbonyl (C=O) groups is 1. The molecule has 0 bridgehead atoms. The summed E-state index contributed by atoms with van der Waals surface area (Å²) in [4.78, 5) is 10.8. The lowest BCUT2D eigenvalue weighted by Crippen LogP contribution is -2.37. The molecule has 0 spiro atoms. The van der Waals surface area contributed by atoms with E-state index in [0.29, 0.717) is 0 Å². The van der Waals surface area contributed by atoms with Crippen LogP contribution in [0.2, 0.25) is 0 Å². The average molecular weight is 163 g/mol. The number of nitrogens with one attached hydrogen (secondary N) is 1. The first-order valence-electron chi connectivity index (χ1n) is 3.00. The summed E-state index contributed by atoms with van der Waals surface area (Å²) in [5.74, 6) is 0.556. The van der Waals surface area contributed by atoms with E-state index in [4.69, 9.17) is 0 Å². The van der Waals surface area contributed by atoms with Crippen molar-refractivity contribution in [3.05, 3.63) is 0 Å². The molecular weight excluding hydrogens is 150 g/mol. The zero-order chi connectivity index (χ0) is 7.98. The molecule has 0 aliphatic rings. The lowest BCUT2D eigenvalue weighted by molar-refractivity contribution is -0.142. The fraction of sp³-hybridized carbons (Fsp3) is 0.833. The monoisotopic (exact) mass is 163 g/mol. The van der Waals surface area contributed by atoms with Crippen LogP contribution in [0, 0.1) is 0 Å². The smallest absolute Gasteiger partial charge is 0.323 e. The van der Waals surface area contributed by atoms with Crippen molar-refractivity contribution in [1.82, 2.24) is 5.32 Å². The molecule has 0 aliphatic heterocycles. The van der Waals surface area contributed by atoms with Crippen LogP contribution in [0.1, 0.15) is 0 Å². The molecule has 0 saturated heterocycles. The molecule has 0 aromatic carbocycles. The number of esters is 1. The van der Waals surface area contributed by atoms with Crippen molar-refractivity contribution in [3.63, 3.8) is 0 Å². The minimum absolute atomic E-state index is 0.167. The quantitative estimate of drug-likeness (QED) is 0.597. The van der Waals surface area contributed by atoms with Gasteiger partial charge in [0.05, 0.1) is 7.11 Å². The third kappa shape index (κ3) is 3.08. The number of carbonyl (C=O) groups excluding carboxylic acids is 1. The van der Waals surface area contributed by atoms with E-state index in [1.165, 1.54) is 7.11 Å². The summed E-state index contributed by atoms with van der Waals surface area (Å²) in [5, 5.41) is 2.86. The molecule has 1 atom stereocenters. The summed E-state index contributed by atoms with van der Waals surface area (Å²) in [6, 6.07) is -0.167. The summed E-state index contributed by atoms with van der Waals surface area (Å²) in [6.45, 7) is 0. The third-order valence-electron chi connectivity index (χ3n) is 1.17. The second kappa shape index (κ2) is 5.56. The molecule has 3 nitrogen and oxygen atoms in total. The highest BCUT2D eigenvalue weighted by Gasteiger charge is 2.14. The lowest BCUT2D eigenvalue weighted by atomic mass is 10.3. The first kappa shape index (κ1) is 9.78. The van der Waals surface area contributed by atoms with Crippen molar-refractivity contribution in [1.29, 1.82) is 0 Å². The Morgan fingerprint density at radius 2 is 2.40 bits per heavy atom. The molecule has 1 N–H and O–H groups in total. The first-order chi connectivity index (χ1) is 4.76. The van der Waals surface area contributed by atoms with Crippen molar-refractivity contribution in [2.45, 2.75) is 6.04 Å². The molecule has 0 fully saturated rings. The van der Waals surface area contributed by atoms with Crippen LogP contribution >= 0.6 is 11.8 Å². The van der Waals surface area contributed by atoms with Gasteiger partial charge in [-0.25, -0.2) is 0 Å². The number of thioether (sulfide) groups is 1. The van der Waals surface area contributed by atoms with E-state index in [0.717, 1.165) is 5.75 Å². The number of ether oxygens (including phenoxy) is 1. The Balaban J connectivity index is 3.68. The average Bonchev–Trinajstić information content (AvgIpc) is 1.99. The molecule has 0 rings (SSSR count). The molecule has 0 aliphatic carbocycles. The van der Waals surface area contributed by atoms with Crippen LogP contribution in [-0.2, 0) is 9.53 Å². The van der Waals surface area contributed by atoms with Crippen molar-refractivity contribution < 1.29 is 9.53 Å². The van der Waals surface area contributed by atoms with E-state index in [9.17, 15) is 4.79 Å². The molecule has 1 unspecified atom stereocenters. The van der Waals surface area contributed by atoms with Crippen LogP contribution < -0.4 is 5.32 Å². The van der Waals surface area contributed by atoms with Gasteiger partial charge in [0, 0.05) is 5.75 Å². The van der Waals surface area contributed by atoms with Gasteiger partial charge in [0.1, 0.15) is 6.04 Å². The lowest BCUT2D eigenvalue weighted by Gasteiger charge is -2.10. The second-order valence-electron chi connectivity index (χ2n) is 1.82. The van der Waals surface area contributed by atoms with Crippen LogP contribution in [0.3, 0.4) is 0 Å². The molecule has 4 heteroatoms. The predicted octanol–water partition coefficient (Wildman–Crippen LogP) is 0.110. The summed E-state index contributed by atoms with van der Waals surface area (Å²) < 4.78 is 4.54. The van der Waals surface area contributed by atoms with Crippen molar-refractivity contribution in [3.8, 4) is 0 Å². The highest BCUT2D eigenvalue weighted by Crippen LogP contribution is 1.97. The van der Waals surface area contributed by atoms with Gasteiger partial charge in [-0.15, -0.1) is 0 Å². The number of likely N-dealkylation sites (N-methyl/N-ethyl adjacent to an activating group) is 1. The molecule has 0 amide bonds. The number of rotatable bonds is 4. The van der Waals surface area contributed by atoms with Gasteiger partial charge in [0.15, 0.2) is 0 Å². The summed E-state index contributed by atoms with van der Waals surface area (Å²) >= 11 is 1.61. The maximum atomic E-state index is 10.8. The van der Waals surface area contributed by atoms with Gasteiger partial charge in [-0.1, -0.05) is 0 Å². The Morgan fingerprint density at radius 1 is 1.80 bits per heavy atom. The van der Waals surface area contributed by atoms with E-state index >= 15 is 0 Å². The fourth-order valence-corrected chi connectivity index (χ4v) is 1.21. The standard InChI is InChI=1S/C6H13NO2S/c1-7-5(4-10-3)6(8)9-2/h5,7H,4H2,1-3H3. The number of methoxy groups -OCH3 is 1. The van der Waals surface area contributed by atoms with Crippen LogP contribution in [-0.4, -0.2) is 38.2 Å². The van der Waals surface area contributed by atoms with Crippen molar-refractivity contribution in [2.24, 2.45) is 0 Å². The normalized spacial score (nSPS) is 12.7. The zero-order valence-electron chi connectivity index (χ0n) is 6.51. The Hall–Kier alpha value is -0.220. The Morgan fingerprint density at radius 3 is 2.70 bits per heavy atom. The van der Waals surface area contributed by atoms with Gasteiger partial charge in [0.2, 0.25) is 0 Å². The van der Waals surface area contributed by atoms with Gasteiger partial charge in [-0.05, 0) is 13.3 Å². The van der Waals surface area contributed by atoms with Gasteiger partial charge >= 0.3 is 5.97 Å². The Kier molecular flexibility index (Phi) is 5.43. The molecule has 0 radical (unpaired) electrons. The summed E-state index contributed by atoms with van der Waals surface area (Å²) in [6.07, 6.45) is 1.95. The minimum Gasteiger partial charge on any atom is -0.468 e. The number of hydrogen-bond donors (Lipinski definition) is 1. The molecule has 0 aromatic rings. The van der Waals surface area contributed by atoms with Crippen LogP contribution in [0.15, 0.2) is 0 Å². The van der Waals surface area contributed by atoms with E-state index in [-0.39, 0.29) is 12.0 Å². The van der Waals surface area contributed by atoms with Crippen LogP contribution in [0.4, 0.5) is 0 Å². The van der Waals surface area contributed by atoms with Crippen LogP contribution in [0.25, 0.3) is 0 Å². The van der Waals surface area contributed by atoms with Crippen LogP contribution in [0.5, 0.6) is 0 Å². The first-order valence-corrected chi connectivity index (χ1v) is 4.39. The Labute approximate surface area is 65.5 Å². The van der Waals surface area contributed by atoms with Crippen molar-refractivity contribution >= 4 is 17.7 Å². The number of hydrogen-bond acceptors (Lipinski definition) is 4.